The molecule has 1 aliphatic heterocycles. The number of likely N-dealkylation sites (tertiary alicyclic amines) is 1. The van der Waals surface area contributed by atoms with Gasteiger partial charge in [0, 0.05) is 37.1 Å². The molecule has 88 valence electrons. The van der Waals surface area contributed by atoms with E-state index in [2.05, 4.69) is 11.9 Å². The van der Waals surface area contributed by atoms with E-state index >= 15 is 0 Å². The number of hydrogen-bond acceptors (Lipinski definition) is 2. The van der Waals surface area contributed by atoms with Crippen LogP contribution in [0.25, 0.3) is 10.9 Å². The predicted octanol–water partition coefficient (Wildman–Crippen LogP) is 1.58. The van der Waals surface area contributed by atoms with Crippen molar-refractivity contribution >= 4 is 16.8 Å². The number of nitrogens with zero attached hydrogens (tertiary/aromatic N) is 3. The molecule has 0 N–H and O–H groups in total. The van der Waals surface area contributed by atoms with Gasteiger partial charge in [0.1, 0.15) is 6.54 Å². The maximum Gasteiger partial charge on any atom is 0.242 e. The SMILES string of the molecule is Cc1cn(CC(=O)N2CCC2)c2ccncc12. The van der Waals surface area contributed by atoms with Gasteiger partial charge in [0.05, 0.1) is 5.52 Å². The number of pyridine rings is 1. The highest BCUT2D eigenvalue weighted by atomic mass is 16.2. The molecule has 17 heavy (non-hydrogen) atoms. The van der Waals surface area contributed by atoms with E-state index in [0.717, 1.165) is 30.4 Å². The molecule has 0 aliphatic carbocycles. The summed E-state index contributed by atoms with van der Waals surface area (Å²) in [6.07, 6.45) is 6.80. The molecule has 3 rings (SSSR count). The number of carbonyl (C=O) groups excluding carboxylic acids is 1. The van der Waals surface area contributed by atoms with Gasteiger partial charge in [-0.25, -0.2) is 0 Å². The van der Waals surface area contributed by atoms with Gasteiger partial charge in [0.25, 0.3) is 0 Å². The third-order valence-corrected chi connectivity index (χ3v) is 3.40. The van der Waals surface area contributed by atoms with Crippen molar-refractivity contribution in [1.82, 2.24) is 14.5 Å². The molecule has 2 aromatic heterocycles. The van der Waals surface area contributed by atoms with E-state index < -0.39 is 0 Å². The second-order valence-corrected chi connectivity index (χ2v) is 4.57. The fourth-order valence-corrected chi connectivity index (χ4v) is 2.26. The second-order valence-electron chi connectivity index (χ2n) is 4.57. The first-order valence-corrected chi connectivity index (χ1v) is 5.93. The minimum Gasteiger partial charge on any atom is -0.341 e. The second kappa shape index (κ2) is 3.87. The molecule has 2 aromatic rings. The number of aromatic nitrogens is 2. The minimum absolute atomic E-state index is 0.213. The molecule has 1 amide bonds. The number of amides is 1. The highest BCUT2D eigenvalue weighted by Crippen LogP contribution is 2.19. The zero-order chi connectivity index (χ0) is 11.8. The van der Waals surface area contributed by atoms with Crippen LogP contribution in [0.15, 0.2) is 24.7 Å². The van der Waals surface area contributed by atoms with E-state index in [-0.39, 0.29) is 5.91 Å². The Morgan fingerprint density at radius 1 is 1.47 bits per heavy atom. The molecule has 0 unspecified atom stereocenters. The lowest BCUT2D eigenvalue weighted by Crippen LogP contribution is -2.43. The summed E-state index contributed by atoms with van der Waals surface area (Å²) < 4.78 is 2.02. The summed E-state index contributed by atoms with van der Waals surface area (Å²) in [5.74, 6) is 0.213. The van der Waals surface area contributed by atoms with Crippen LogP contribution < -0.4 is 0 Å². The molecular formula is C13H15N3O. The minimum atomic E-state index is 0.213. The maximum absolute atomic E-state index is 11.9. The van der Waals surface area contributed by atoms with Crippen LogP contribution >= 0.6 is 0 Å². The molecule has 1 saturated heterocycles. The van der Waals surface area contributed by atoms with Gasteiger partial charge in [-0.15, -0.1) is 0 Å². The lowest BCUT2D eigenvalue weighted by molar-refractivity contribution is -0.135. The quantitative estimate of drug-likeness (QED) is 0.784. The van der Waals surface area contributed by atoms with Crippen LogP contribution in [0, 0.1) is 6.92 Å². The number of carbonyl (C=O) groups is 1. The molecule has 0 atom stereocenters. The summed E-state index contributed by atoms with van der Waals surface area (Å²) in [7, 11) is 0. The van der Waals surface area contributed by atoms with Crippen molar-refractivity contribution < 1.29 is 4.79 Å². The molecule has 1 fully saturated rings. The van der Waals surface area contributed by atoms with Crippen LogP contribution in [-0.2, 0) is 11.3 Å². The van der Waals surface area contributed by atoms with E-state index in [0.29, 0.717) is 6.54 Å². The van der Waals surface area contributed by atoms with Crippen molar-refractivity contribution in [2.45, 2.75) is 19.9 Å². The van der Waals surface area contributed by atoms with Crippen LogP contribution in [-0.4, -0.2) is 33.4 Å². The van der Waals surface area contributed by atoms with Gasteiger partial charge >= 0.3 is 0 Å². The highest BCUT2D eigenvalue weighted by Gasteiger charge is 2.20. The summed E-state index contributed by atoms with van der Waals surface area (Å²) in [6, 6.07) is 1.96. The normalized spacial score (nSPS) is 15.0. The Kier molecular flexibility index (Phi) is 2.35. The van der Waals surface area contributed by atoms with Crippen LogP contribution in [0.3, 0.4) is 0 Å². The van der Waals surface area contributed by atoms with E-state index in [1.165, 1.54) is 5.56 Å². The van der Waals surface area contributed by atoms with Gasteiger partial charge < -0.3 is 9.47 Å². The summed E-state index contributed by atoms with van der Waals surface area (Å²) in [6.45, 7) is 4.32. The average Bonchev–Trinajstić information content (AvgIpc) is 2.54. The van der Waals surface area contributed by atoms with Crippen molar-refractivity contribution in [1.29, 1.82) is 0 Å². The Labute approximate surface area is 99.9 Å². The largest absolute Gasteiger partial charge is 0.341 e. The Hall–Kier alpha value is -1.84. The van der Waals surface area contributed by atoms with Gasteiger partial charge in [-0.1, -0.05) is 0 Å². The van der Waals surface area contributed by atoms with Crippen molar-refractivity contribution in [3.63, 3.8) is 0 Å². The van der Waals surface area contributed by atoms with E-state index in [1.54, 1.807) is 6.20 Å². The first-order chi connectivity index (χ1) is 8.25. The number of fused-ring (bicyclic) bond motifs is 1. The predicted molar refractivity (Wildman–Crippen MR) is 65.7 cm³/mol. The summed E-state index contributed by atoms with van der Waals surface area (Å²) in [5, 5.41) is 1.13. The zero-order valence-corrected chi connectivity index (χ0v) is 9.89. The van der Waals surface area contributed by atoms with Gasteiger partial charge in [0.15, 0.2) is 0 Å². The Bertz CT molecular complexity index is 569. The fourth-order valence-electron chi connectivity index (χ4n) is 2.26. The van der Waals surface area contributed by atoms with Crippen LogP contribution in [0.5, 0.6) is 0 Å². The van der Waals surface area contributed by atoms with Gasteiger partial charge in [-0.2, -0.15) is 0 Å². The fraction of sp³-hybridized carbons (Fsp3) is 0.385. The monoisotopic (exact) mass is 229 g/mol. The highest BCUT2D eigenvalue weighted by molar-refractivity contribution is 5.85. The van der Waals surface area contributed by atoms with Crippen molar-refractivity contribution in [3.05, 3.63) is 30.2 Å². The summed E-state index contributed by atoms with van der Waals surface area (Å²) in [5.41, 5.74) is 2.26. The van der Waals surface area contributed by atoms with Crippen molar-refractivity contribution in [3.8, 4) is 0 Å². The van der Waals surface area contributed by atoms with E-state index in [4.69, 9.17) is 0 Å². The molecule has 4 nitrogen and oxygen atoms in total. The van der Waals surface area contributed by atoms with E-state index in [9.17, 15) is 4.79 Å². The Balaban J connectivity index is 1.92. The first-order valence-electron chi connectivity index (χ1n) is 5.93. The van der Waals surface area contributed by atoms with Crippen molar-refractivity contribution in [2.75, 3.05) is 13.1 Å². The van der Waals surface area contributed by atoms with E-state index in [1.807, 2.05) is 27.9 Å². The lowest BCUT2D eigenvalue weighted by Gasteiger charge is -2.31. The number of aryl methyl sites for hydroxylation is 1. The van der Waals surface area contributed by atoms with Crippen molar-refractivity contribution in [2.24, 2.45) is 0 Å². The lowest BCUT2D eigenvalue weighted by atomic mass is 10.2. The van der Waals surface area contributed by atoms with Crippen LogP contribution in [0.4, 0.5) is 0 Å². The maximum atomic E-state index is 11.9. The molecule has 0 bridgehead atoms. The van der Waals surface area contributed by atoms with Crippen LogP contribution in [0.1, 0.15) is 12.0 Å². The molecule has 3 heterocycles. The summed E-state index contributed by atoms with van der Waals surface area (Å²) in [4.78, 5) is 18.0. The molecule has 1 aliphatic rings. The molecule has 0 saturated carbocycles. The molecular weight excluding hydrogens is 214 g/mol. The summed E-state index contributed by atoms with van der Waals surface area (Å²) >= 11 is 0. The molecule has 0 spiro atoms. The van der Waals surface area contributed by atoms with Gasteiger partial charge in [-0.3, -0.25) is 9.78 Å². The standard InChI is InChI=1S/C13H15N3O/c1-10-8-16(9-13(17)15-5-2-6-15)12-3-4-14-7-11(10)12/h3-4,7-8H,2,5-6,9H2,1H3. The average molecular weight is 229 g/mol. The Morgan fingerprint density at radius 3 is 3.00 bits per heavy atom. The molecule has 4 heteroatoms. The first kappa shape index (κ1) is 10.3. The van der Waals surface area contributed by atoms with Gasteiger partial charge in [-0.05, 0) is 25.0 Å². The molecule has 0 radical (unpaired) electrons. The third-order valence-electron chi connectivity index (χ3n) is 3.40. The number of hydrogen-bond donors (Lipinski definition) is 0. The number of rotatable bonds is 2. The Morgan fingerprint density at radius 2 is 2.29 bits per heavy atom. The van der Waals surface area contributed by atoms with Crippen LogP contribution in [0.2, 0.25) is 0 Å². The zero-order valence-electron chi connectivity index (χ0n) is 9.89. The molecule has 0 aromatic carbocycles. The third kappa shape index (κ3) is 1.69. The smallest absolute Gasteiger partial charge is 0.242 e. The topological polar surface area (TPSA) is 38.1 Å². The van der Waals surface area contributed by atoms with Gasteiger partial charge in [0.2, 0.25) is 5.91 Å².